The summed E-state index contributed by atoms with van der Waals surface area (Å²) in [6.45, 7) is 1.17. The van der Waals surface area contributed by atoms with Crippen LogP contribution in [0.25, 0.3) is 0 Å². The number of hydrogen-bond acceptors (Lipinski definition) is 4. The fourth-order valence-electron chi connectivity index (χ4n) is 2.55. The average molecular weight is 372 g/mol. The topological polar surface area (TPSA) is 66.2 Å². The van der Waals surface area contributed by atoms with Gasteiger partial charge in [0, 0.05) is 30.9 Å². The number of ether oxygens (including phenoxy) is 1. The standard InChI is InChI=1S/C17H14BrN3O2/c18-15-10-20-6-4-16(15)23-14-5-7-21(11-14)17(22)13-3-1-2-12(8-13)9-19/h1-4,6,8,10,14H,5,7,11H2. The Morgan fingerprint density at radius 2 is 2.30 bits per heavy atom. The Bertz CT molecular complexity index is 772. The van der Waals surface area contributed by atoms with Crippen molar-refractivity contribution in [2.24, 2.45) is 0 Å². The zero-order chi connectivity index (χ0) is 16.2. The van der Waals surface area contributed by atoms with Crippen LogP contribution >= 0.6 is 15.9 Å². The van der Waals surface area contributed by atoms with Gasteiger partial charge < -0.3 is 9.64 Å². The van der Waals surface area contributed by atoms with Crippen molar-refractivity contribution in [3.63, 3.8) is 0 Å². The molecule has 6 heteroatoms. The van der Waals surface area contributed by atoms with Crippen LogP contribution < -0.4 is 4.74 Å². The number of nitriles is 1. The van der Waals surface area contributed by atoms with E-state index in [1.54, 1.807) is 47.6 Å². The summed E-state index contributed by atoms with van der Waals surface area (Å²) >= 11 is 3.40. The maximum atomic E-state index is 12.5. The predicted octanol–water partition coefficient (Wildman–Crippen LogP) is 3.01. The Labute approximate surface area is 142 Å². The average Bonchev–Trinajstić information content (AvgIpc) is 3.05. The number of nitrogens with zero attached hydrogens (tertiary/aromatic N) is 3. The Morgan fingerprint density at radius 1 is 1.43 bits per heavy atom. The zero-order valence-corrected chi connectivity index (χ0v) is 13.9. The van der Waals surface area contributed by atoms with Gasteiger partial charge in [0.15, 0.2) is 0 Å². The van der Waals surface area contributed by atoms with E-state index in [1.165, 1.54) is 0 Å². The third-order valence-corrected chi connectivity index (χ3v) is 4.30. The highest BCUT2D eigenvalue weighted by molar-refractivity contribution is 9.10. The first-order valence-corrected chi connectivity index (χ1v) is 8.02. The van der Waals surface area contributed by atoms with Gasteiger partial charge in [-0.3, -0.25) is 9.78 Å². The van der Waals surface area contributed by atoms with Crippen molar-refractivity contribution in [3.05, 3.63) is 58.3 Å². The second-order valence-electron chi connectivity index (χ2n) is 5.28. The Hall–Kier alpha value is -2.39. The van der Waals surface area contributed by atoms with E-state index in [0.717, 1.165) is 16.6 Å². The molecule has 1 aromatic carbocycles. The molecule has 1 aliphatic heterocycles. The van der Waals surface area contributed by atoms with Gasteiger partial charge in [0.25, 0.3) is 5.91 Å². The number of amides is 1. The van der Waals surface area contributed by atoms with E-state index in [0.29, 0.717) is 24.2 Å². The van der Waals surface area contributed by atoms with E-state index in [4.69, 9.17) is 10.00 Å². The molecule has 1 saturated heterocycles. The molecule has 116 valence electrons. The third-order valence-electron chi connectivity index (χ3n) is 3.70. The third kappa shape index (κ3) is 3.51. The molecule has 23 heavy (non-hydrogen) atoms. The number of likely N-dealkylation sites (tertiary alicyclic amines) is 1. The number of pyridine rings is 1. The van der Waals surface area contributed by atoms with Crippen LogP contribution in [-0.4, -0.2) is 35.0 Å². The minimum atomic E-state index is -0.0676. The Balaban J connectivity index is 1.66. The first-order valence-electron chi connectivity index (χ1n) is 7.23. The van der Waals surface area contributed by atoms with Crippen LogP contribution in [0.2, 0.25) is 0 Å². The highest BCUT2D eigenvalue weighted by Crippen LogP contribution is 2.26. The van der Waals surface area contributed by atoms with Gasteiger partial charge in [0.05, 0.1) is 22.7 Å². The van der Waals surface area contributed by atoms with Gasteiger partial charge in [0.2, 0.25) is 0 Å². The van der Waals surface area contributed by atoms with Crippen LogP contribution in [0.4, 0.5) is 0 Å². The summed E-state index contributed by atoms with van der Waals surface area (Å²) in [7, 11) is 0. The molecule has 1 fully saturated rings. The van der Waals surface area contributed by atoms with Crippen LogP contribution in [0.3, 0.4) is 0 Å². The molecule has 3 rings (SSSR count). The van der Waals surface area contributed by atoms with E-state index < -0.39 is 0 Å². The molecule has 1 amide bonds. The fourth-order valence-corrected chi connectivity index (χ4v) is 2.89. The van der Waals surface area contributed by atoms with Gasteiger partial charge in [0.1, 0.15) is 11.9 Å². The summed E-state index contributed by atoms with van der Waals surface area (Å²) in [6.07, 6.45) is 4.08. The first-order chi connectivity index (χ1) is 11.2. The normalized spacial score (nSPS) is 16.9. The lowest BCUT2D eigenvalue weighted by molar-refractivity contribution is 0.0772. The second-order valence-corrected chi connectivity index (χ2v) is 6.13. The van der Waals surface area contributed by atoms with Gasteiger partial charge in [-0.2, -0.15) is 5.26 Å². The molecule has 0 bridgehead atoms. The van der Waals surface area contributed by atoms with Crippen molar-refractivity contribution >= 4 is 21.8 Å². The summed E-state index contributed by atoms with van der Waals surface area (Å²) < 4.78 is 6.73. The van der Waals surface area contributed by atoms with Crippen molar-refractivity contribution in [1.29, 1.82) is 5.26 Å². The predicted molar refractivity (Wildman–Crippen MR) is 88.0 cm³/mol. The monoisotopic (exact) mass is 371 g/mol. The molecule has 0 saturated carbocycles. The van der Waals surface area contributed by atoms with Crippen LogP contribution in [-0.2, 0) is 0 Å². The van der Waals surface area contributed by atoms with Gasteiger partial charge in [-0.15, -0.1) is 0 Å². The molecule has 1 unspecified atom stereocenters. The lowest BCUT2D eigenvalue weighted by atomic mass is 10.1. The molecule has 1 aliphatic rings. The fraction of sp³-hybridized carbons (Fsp3) is 0.235. The molecule has 2 aromatic rings. The Morgan fingerprint density at radius 3 is 3.09 bits per heavy atom. The van der Waals surface area contributed by atoms with E-state index in [1.807, 2.05) is 0 Å². The molecule has 1 aromatic heterocycles. The number of benzene rings is 1. The molecular formula is C17H14BrN3O2. The van der Waals surface area contributed by atoms with E-state index in [-0.39, 0.29) is 12.0 Å². The van der Waals surface area contributed by atoms with E-state index >= 15 is 0 Å². The number of aromatic nitrogens is 1. The van der Waals surface area contributed by atoms with Crippen LogP contribution in [0.1, 0.15) is 22.3 Å². The quantitative estimate of drug-likeness (QED) is 0.831. The summed E-state index contributed by atoms with van der Waals surface area (Å²) in [5.41, 5.74) is 1.03. The molecular weight excluding hydrogens is 358 g/mol. The number of hydrogen-bond donors (Lipinski definition) is 0. The van der Waals surface area contributed by atoms with Gasteiger partial charge in [-0.05, 0) is 40.2 Å². The summed E-state index contributed by atoms with van der Waals surface area (Å²) in [6, 6.07) is 10.6. The van der Waals surface area contributed by atoms with Crippen molar-refractivity contribution in [3.8, 4) is 11.8 Å². The lowest BCUT2D eigenvalue weighted by Gasteiger charge is -2.18. The molecule has 5 nitrogen and oxygen atoms in total. The second kappa shape index (κ2) is 6.80. The zero-order valence-electron chi connectivity index (χ0n) is 12.3. The molecule has 0 spiro atoms. The molecule has 1 atom stereocenters. The maximum Gasteiger partial charge on any atom is 0.254 e. The minimum Gasteiger partial charge on any atom is -0.487 e. The van der Waals surface area contributed by atoms with Crippen LogP contribution in [0, 0.1) is 11.3 Å². The van der Waals surface area contributed by atoms with Crippen molar-refractivity contribution in [2.75, 3.05) is 13.1 Å². The lowest BCUT2D eigenvalue weighted by Crippen LogP contribution is -2.31. The van der Waals surface area contributed by atoms with E-state index in [2.05, 4.69) is 27.0 Å². The summed E-state index contributed by atoms with van der Waals surface area (Å²) in [4.78, 5) is 18.3. The molecule has 0 N–H and O–H groups in total. The van der Waals surface area contributed by atoms with Crippen LogP contribution in [0.15, 0.2) is 47.2 Å². The molecule has 2 heterocycles. The van der Waals surface area contributed by atoms with Gasteiger partial charge >= 0.3 is 0 Å². The van der Waals surface area contributed by atoms with Crippen molar-refractivity contribution < 1.29 is 9.53 Å². The smallest absolute Gasteiger partial charge is 0.254 e. The minimum absolute atomic E-state index is 0.0446. The summed E-state index contributed by atoms with van der Waals surface area (Å²) in [5.74, 6) is 0.660. The summed E-state index contributed by atoms with van der Waals surface area (Å²) in [5, 5.41) is 8.94. The number of rotatable bonds is 3. The SMILES string of the molecule is N#Cc1cccc(C(=O)N2CCC(Oc3ccncc3Br)C2)c1. The first kappa shape index (κ1) is 15.5. The Kier molecular flexibility index (Phi) is 4.58. The van der Waals surface area contributed by atoms with Gasteiger partial charge in [-0.1, -0.05) is 6.07 Å². The highest BCUT2D eigenvalue weighted by Gasteiger charge is 2.28. The largest absolute Gasteiger partial charge is 0.487 e. The number of carbonyl (C=O) groups excluding carboxylic acids is 1. The van der Waals surface area contributed by atoms with Gasteiger partial charge in [-0.25, -0.2) is 0 Å². The maximum absolute atomic E-state index is 12.5. The highest BCUT2D eigenvalue weighted by atomic mass is 79.9. The molecule has 0 aliphatic carbocycles. The molecule has 0 radical (unpaired) electrons. The number of carbonyl (C=O) groups is 1. The van der Waals surface area contributed by atoms with Crippen molar-refractivity contribution in [1.82, 2.24) is 9.88 Å². The van der Waals surface area contributed by atoms with E-state index in [9.17, 15) is 4.79 Å². The van der Waals surface area contributed by atoms with Crippen molar-refractivity contribution in [2.45, 2.75) is 12.5 Å². The number of halogens is 1. The van der Waals surface area contributed by atoms with Crippen LogP contribution in [0.5, 0.6) is 5.75 Å².